The van der Waals surface area contributed by atoms with Crippen LogP contribution in [0.2, 0.25) is 5.02 Å². The topological polar surface area (TPSA) is 12.0 Å². The van der Waals surface area contributed by atoms with Crippen molar-refractivity contribution in [2.45, 2.75) is 32.0 Å². The first kappa shape index (κ1) is 14.9. The van der Waals surface area contributed by atoms with Crippen LogP contribution >= 0.6 is 11.6 Å². The lowest BCUT2D eigenvalue weighted by molar-refractivity contribution is -0.137. The molecule has 1 unspecified atom stereocenters. The zero-order valence-electron chi connectivity index (χ0n) is 10.0. The number of alkyl halides is 3. The molecule has 1 nitrogen and oxygen atoms in total. The van der Waals surface area contributed by atoms with Crippen LogP contribution in [0.15, 0.2) is 30.9 Å². The van der Waals surface area contributed by atoms with Gasteiger partial charge in [-0.1, -0.05) is 17.7 Å². The molecule has 0 bridgehead atoms. The maximum absolute atomic E-state index is 12.6. The Hall–Kier alpha value is -1.16. The number of benzene rings is 1. The van der Waals surface area contributed by atoms with Gasteiger partial charge in [0.1, 0.15) is 0 Å². The largest absolute Gasteiger partial charge is 0.416 e. The van der Waals surface area contributed by atoms with Gasteiger partial charge in [-0.3, -0.25) is 0 Å². The fraction of sp³-hybridized carbons (Fsp3) is 0.385. The van der Waals surface area contributed by atoms with Crippen LogP contribution in [0.1, 0.15) is 25.3 Å². The summed E-state index contributed by atoms with van der Waals surface area (Å²) in [4.78, 5) is 0. The molecule has 0 saturated carbocycles. The molecule has 0 fully saturated rings. The summed E-state index contributed by atoms with van der Waals surface area (Å²) in [5.41, 5.74) is -0.361. The summed E-state index contributed by atoms with van der Waals surface area (Å²) in [5, 5.41) is 3.07. The molecule has 0 aliphatic heterocycles. The molecule has 1 atom stereocenters. The van der Waals surface area contributed by atoms with E-state index in [-0.39, 0.29) is 11.1 Å². The SMILES string of the molecule is C=CCCC(C)Nc1cc(Cl)cc(C(F)(F)F)c1. The highest BCUT2D eigenvalue weighted by atomic mass is 35.5. The van der Waals surface area contributed by atoms with Crippen molar-refractivity contribution in [3.63, 3.8) is 0 Å². The van der Waals surface area contributed by atoms with Crippen LogP contribution in [-0.2, 0) is 6.18 Å². The Labute approximate surface area is 110 Å². The number of anilines is 1. The van der Waals surface area contributed by atoms with Crippen molar-refractivity contribution >= 4 is 17.3 Å². The minimum absolute atomic E-state index is 0.0579. The van der Waals surface area contributed by atoms with Gasteiger partial charge in [0.15, 0.2) is 0 Å². The van der Waals surface area contributed by atoms with Crippen molar-refractivity contribution in [3.8, 4) is 0 Å². The average Bonchev–Trinajstić information content (AvgIpc) is 2.24. The number of rotatable bonds is 5. The van der Waals surface area contributed by atoms with Gasteiger partial charge in [0.25, 0.3) is 0 Å². The summed E-state index contributed by atoms with van der Waals surface area (Å²) in [6, 6.07) is 3.53. The van der Waals surface area contributed by atoms with Gasteiger partial charge in [-0.15, -0.1) is 6.58 Å². The number of hydrogen-bond acceptors (Lipinski definition) is 1. The molecule has 0 amide bonds. The lowest BCUT2D eigenvalue weighted by Gasteiger charge is -2.16. The van der Waals surface area contributed by atoms with Gasteiger partial charge in [0.2, 0.25) is 0 Å². The highest BCUT2D eigenvalue weighted by Gasteiger charge is 2.31. The maximum Gasteiger partial charge on any atom is 0.416 e. The summed E-state index contributed by atoms with van der Waals surface area (Å²) >= 11 is 5.69. The zero-order chi connectivity index (χ0) is 13.8. The van der Waals surface area contributed by atoms with E-state index in [1.165, 1.54) is 6.07 Å². The molecule has 1 N–H and O–H groups in total. The van der Waals surface area contributed by atoms with Gasteiger partial charge in [-0.2, -0.15) is 13.2 Å². The minimum atomic E-state index is -4.38. The molecule has 0 heterocycles. The maximum atomic E-state index is 12.6. The minimum Gasteiger partial charge on any atom is -0.383 e. The first-order valence-corrected chi connectivity index (χ1v) is 5.96. The van der Waals surface area contributed by atoms with E-state index in [9.17, 15) is 13.2 Å². The monoisotopic (exact) mass is 277 g/mol. The number of allylic oxidation sites excluding steroid dienone is 1. The highest BCUT2D eigenvalue weighted by molar-refractivity contribution is 6.30. The average molecular weight is 278 g/mol. The van der Waals surface area contributed by atoms with Crippen molar-refractivity contribution < 1.29 is 13.2 Å². The molecular formula is C13H15ClF3N. The standard InChI is InChI=1S/C13H15ClF3N/c1-3-4-5-9(2)18-12-7-10(13(15,16)17)6-11(14)8-12/h3,6-9,18H,1,4-5H2,2H3. The van der Waals surface area contributed by atoms with Crippen molar-refractivity contribution in [1.29, 1.82) is 0 Å². The van der Waals surface area contributed by atoms with Crippen molar-refractivity contribution in [1.82, 2.24) is 0 Å². The van der Waals surface area contributed by atoms with Crippen molar-refractivity contribution in [2.75, 3.05) is 5.32 Å². The molecule has 0 aliphatic rings. The van der Waals surface area contributed by atoms with E-state index in [0.29, 0.717) is 5.69 Å². The van der Waals surface area contributed by atoms with E-state index in [4.69, 9.17) is 11.6 Å². The van der Waals surface area contributed by atoms with Gasteiger partial charge in [0, 0.05) is 16.8 Å². The van der Waals surface area contributed by atoms with Crippen LogP contribution < -0.4 is 5.32 Å². The summed E-state index contributed by atoms with van der Waals surface area (Å²) in [6.45, 7) is 5.50. The Morgan fingerprint density at radius 1 is 1.39 bits per heavy atom. The van der Waals surface area contributed by atoms with Crippen LogP contribution in [0.25, 0.3) is 0 Å². The molecule has 1 aromatic rings. The van der Waals surface area contributed by atoms with E-state index in [1.807, 2.05) is 6.92 Å². The van der Waals surface area contributed by atoms with E-state index in [0.717, 1.165) is 25.0 Å². The van der Waals surface area contributed by atoms with Crippen LogP contribution in [0.4, 0.5) is 18.9 Å². The summed E-state index contributed by atoms with van der Waals surface area (Å²) in [7, 11) is 0. The fourth-order valence-corrected chi connectivity index (χ4v) is 1.80. The number of halogens is 4. The second-order valence-electron chi connectivity index (χ2n) is 4.14. The quantitative estimate of drug-likeness (QED) is 0.736. The first-order valence-electron chi connectivity index (χ1n) is 5.58. The first-order chi connectivity index (χ1) is 8.32. The Bertz CT molecular complexity index is 415. The molecule has 0 spiro atoms. The smallest absolute Gasteiger partial charge is 0.383 e. The van der Waals surface area contributed by atoms with Gasteiger partial charge in [-0.05, 0) is 38.0 Å². The summed E-state index contributed by atoms with van der Waals surface area (Å²) in [6.07, 6.45) is -0.999. The third-order valence-electron chi connectivity index (χ3n) is 2.44. The van der Waals surface area contributed by atoms with Crippen molar-refractivity contribution in [3.05, 3.63) is 41.4 Å². The van der Waals surface area contributed by atoms with E-state index in [2.05, 4.69) is 11.9 Å². The summed E-state index contributed by atoms with van der Waals surface area (Å²) < 4.78 is 37.8. The third-order valence-corrected chi connectivity index (χ3v) is 2.66. The summed E-state index contributed by atoms with van der Waals surface area (Å²) in [5.74, 6) is 0. The van der Waals surface area contributed by atoms with Gasteiger partial charge < -0.3 is 5.32 Å². The van der Waals surface area contributed by atoms with Crippen LogP contribution in [0.3, 0.4) is 0 Å². The zero-order valence-corrected chi connectivity index (χ0v) is 10.8. The molecule has 0 saturated heterocycles. The van der Waals surface area contributed by atoms with Gasteiger partial charge in [0.05, 0.1) is 5.56 Å². The van der Waals surface area contributed by atoms with E-state index in [1.54, 1.807) is 6.08 Å². The molecular weight excluding hydrogens is 263 g/mol. The van der Waals surface area contributed by atoms with Crippen molar-refractivity contribution in [2.24, 2.45) is 0 Å². The lowest BCUT2D eigenvalue weighted by Crippen LogP contribution is -2.15. The molecule has 0 aromatic heterocycles. The van der Waals surface area contributed by atoms with Gasteiger partial charge in [-0.25, -0.2) is 0 Å². The molecule has 1 aromatic carbocycles. The Kier molecular flexibility index (Phi) is 5.08. The van der Waals surface area contributed by atoms with Crippen LogP contribution in [0, 0.1) is 0 Å². The molecule has 18 heavy (non-hydrogen) atoms. The molecule has 0 radical (unpaired) electrons. The molecule has 1 rings (SSSR count). The Balaban J connectivity index is 2.83. The normalized spacial score (nSPS) is 13.2. The highest BCUT2D eigenvalue weighted by Crippen LogP contribution is 2.33. The van der Waals surface area contributed by atoms with E-state index < -0.39 is 11.7 Å². The molecule has 100 valence electrons. The number of nitrogens with one attached hydrogen (secondary N) is 1. The molecule has 5 heteroatoms. The lowest BCUT2D eigenvalue weighted by atomic mass is 10.1. The van der Waals surface area contributed by atoms with Crippen LogP contribution in [-0.4, -0.2) is 6.04 Å². The second-order valence-corrected chi connectivity index (χ2v) is 4.57. The Morgan fingerprint density at radius 3 is 2.61 bits per heavy atom. The Morgan fingerprint density at radius 2 is 2.06 bits per heavy atom. The molecule has 0 aliphatic carbocycles. The predicted octanol–water partition coefficient (Wildman–Crippen LogP) is 5.13. The second kappa shape index (κ2) is 6.14. The van der Waals surface area contributed by atoms with E-state index >= 15 is 0 Å². The third kappa shape index (κ3) is 4.61. The van der Waals surface area contributed by atoms with Gasteiger partial charge >= 0.3 is 6.18 Å². The fourth-order valence-electron chi connectivity index (χ4n) is 1.56. The predicted molar refractivity (Wildman–Crippen MR) is 69.0 cm³/mol. The van der Waals surface area contributed by atoms with Crippen LogP contribution in [0.5, 0.6) is 0 Å². The number of hydrogen-bond donors (Lipinski definition) is 1.